The van der Waals surface area contributed by atoms with Gasteiger partial charge >= 0.3 is 0 Å². The molecule has 0 saturated heterocycles. The van der Waals surface area contributed by atoms with Crippen LogP contribution in [0.15, 0.2) is 24.3 Å². The molecular weight excluding hydrogens is 237 g/mol. The van der Waals surface area contributed by atoms with Crippen molar-refractivity contribution >= 4 is 0 Å². The summed E-state index contributed by atoms with van der Waals surface area (Å²) in [5.74, 6) is 1.11. The fourth-order valence-corrected chi connectivity index (χ4v) is 3.62. The van der Waals surface area contributed by atoms with Gasteiger partial charge in [-0.05, 0) is 37.2 Å². The molecule has 2 rings (SSSR count). The number of benzene rings is 1. The van der Waals surface area contributed by atoms with Crippen LogP contribution in [0.4, 0.5) is 4.39 Å². The van der Waals surface area contributed by atoms with E-state index in [0.29, 0.717) is 11.5 Å². The van der Waals surface area contributed by atoms with E-state index in [1.54, 1.807) is 6.07 Å². The topological polar surface area (TPSA) is 26.0 Å². The molecule has 2 heteroatoms. The second-order valence-corrected chi connectivity index (χ2v) is 6.00. The average molecular weight is 263 g/mol. The van der Waals surface area contributed by atoms with E-state index >= 15 is 0 Å². The van der Waals surface area contributed by atoms with Crippen LogP contribution in [0.5, 0.6) is 0 Å². The fourth-order valence-electron chi connectivity index (χ4n) is 3.62. The van der Waals surface area contributed by atoms with E-state index in [2.05, 4.69) is 13.8 Å². The van der Waals surface area contributed by atoms with Crippen LogP contribution >= 0.6 is 0 Å². The van der Waals surface area contributed by atoms with Crippen LogP contribution in [0.3, 0.4) is 0 Å². The SMILES string of the molecule is CCC1CCC(C(N)(CC)c2ccccc2F)CC1. The van der Waals surface area contributed by atoms with Crippen molar-refractivity contribution in [3.8, 4) is 0 Å². The molecule has 0 aromatic heterocycles. The predicted octanol–water partition coefficient (Wildman–Crippen LogP) is 4.61. The molecule has 1 unspecified atom stereocenters. The van der Waals surface area contributed by atoms with Crippen molar-refractivity contribution in [3.05, 3.63) is 35.6 Å². The Morgan fingerprint density at radius 3 is 2.32 bits per heavy atom. The first-order valence-corrected chi connectivity index (χ1v) is 7.65. The molecule has 0 bridgehead atoms. The van der Waals surface area contributed by atoms with E-state index in [0.717, 1.165) is 25.2 Å². The third kappa shape index (κ3) is 2.84. The molecule has 106 valence electrons. The molecular formula is C17H26FN. The first-order valence-electron chi connectivity index (χ1n) is 7.65. The summed E-state index contributed by atoms with van der Waals surface area (Å²) in [6.07, 6.45) is 6.82. The Morgan fingerprint density at radius 2 is 1.79 bits per heavy atom. The smallest absolute Gasteiger partial charge is 0.128 e. The van der Waals surface area contributed by atoms with Gasteiger partial charge in [0.2, 0.25) is 0 Å². The van der Waals surface area contributed by atoms with Crippen LogP contribution in [-0.4, -0.2) is 0 Å². The lowest BCUT2D eigenvalue weighted by atomic mass is 9.67. The minimum Gasteiger partial charge on any atom is -0.321 e. The first kappa shape index (κ1) is 14.5. The van der Waals surface area contributed by atoms with E-state index in [1.807, 2.05) is 12.1 Å². The van der Waals surface area contributed by atoms with Gasteiger partial charge < -0.3 is 5.73 Å². The normalized spacial score (nSPS) is 26.9. The third-order valence-corrected chi connectivity index (χ3v) is 5.11. The highest BCUT2D eigenvalue weighted by molar-refractivity contribution is 5.27. The zero-order chi connectivity index (χ0) is 13.9. The van der Waals surface area contributed by atoms with Gasteiger partial charge in [-0.2, -0.15) is 0 Å². The molecule has 1 aromatic carbocycles. The quantitative estimate of drug-likeness (QED) is 0.843. The van der Waals surface area contributed by atoms with Crippen LogP contribution < -0.4 is 5.73 Å². The molecule has 1 fully saturated rings. The first-order chi connectivity index (χ1) is 9.11. The van der Waals surface area contributed by atoms with Crippen molar-refractivity contribution in [2.24, 2.45) is 17.6 Å². The summed E-state index contributed by atoms with van der Waals surface area (Å²) in [4.78, 5) is 0. The van der Waals surface area contributed by atoms with Gasteiger partial charge in [0.1, 0.15) is 5.82 Å². The maximum Gasteiger partial charge on any atom is 0.128 e. The molecule has 0 heterocycles. The van der Waals surface area contributed by atoms with Crippen LogP contribution in [0.2, 0.25) is 0 Å². The molecule has 1 saturated carbocycles. The molecule has 1 aliphatic carbocycles. The van der Waals surface area contributed by atoms with Gasteiger partial charge in [-0.25, -0.2) is 4.39 Å². The third-order valence-electron chi connectivity index (χ3n) is 5.11. The maximum atomic E-state index is 14.1. The lowest BCUT2D eigenvalue weighted by Gasteiger charge is -2.41. The van der Waals surface area contributed by atoms with Crippen molar-refractivity contribution in [2.75, 3.05) is 0 Å². The largest absolute Gasteiger partial charge is 0.321 e. The second-order valence-electron chi connectivity index (χ2n) is 6.00. The van der Waals surface area contributed by atoms with E-state index in [-0.39, 0.29) is 5.82 Å². The summed E-state index contributed by atoms with van der Waals surface area (Å²) < 4.78 is 14.1. The molecule has 1 atom stereocenters. The Hall–Kier alpha value is -0.890. The van der Waals surface area contributed by atoms with Crippen LogP contribution in [0.1, 0.15) is 57.9 Å². The van der Waals surface area contributed by atoms with Gasteiger partial charge in [0.25, 0.3) is 0 Å². The Labute approximate surface area is 116 Å². The molecule has 1 nitrogen and oxygen atoms in total. The molecule has 0 spiro atoms. The Balaban J connectivity index is 2.21. The maximum absolute atomic E-state index is 14.1. The zero-order valence-corrected chi connectivity index (χ0v) is 12.2. The molecule has 1 aromatic rings. The van der Waals surface area contributed by atoms with Crippen molar-refractivity contribution < 1.29 is 4.39 Å². The summed E-state index contributed by atoms with van der Waals surface area (Å²) >= 11 is 0. The monoisotopic (exact) mass is 263 g/mol. The van der Waals surface area contributed by atoms with E-state index in [1.165, 1.54) is 25.3 Å². The van der Waals surface area contributed by atoms with Gasteiger partial charge in [0, 0.05) is 11.1 Å². The molecule has 19 heavy (non-hydrogen) atoms. The zero-order valence-electron chi connectivity index (χ0n) is 12.2. The Morgan fingerprint density at radius 1 is 1.16 bits per heavy atom. The van der Waals surface area contributed by atoms with Gasteiger partial charge in [-0.1, -0.05) is 51.3 Å². The Kier molecular flexibility index (Phi) is 4.62. The molecule has 0 amide bonds. The van der Waals surface area contributed by atoms with Crippen molar-refractivity contribution in [1.82, 2.24) is 0 Å². The number of halogens is 1. The Bertz CT molecular complexity index is 409. The van der Waals surface area contributed by atoms with E-state index in [9.17, 15) is 4.39 Å². The summed E-state index contributed by atoms with van der Waals surface area (Å²) in [7, 11) is 0. The van der Waals surface area contributed by atoms with Crippen LogP contribution in [0, 0.1) is 17.7 Å². The number of nitrogens with two attached hydrogens (primary N) is 1. The summed E-state index contributed by atoms with van der Waals surface area (Å²) in [5.41, 5.74) is 6.85. The lowest BCUT2D eigenvalue weighted by molar-refractivity contribution is 0.162. The number of rotatable bonds is 4. The molecule has 0 aliphatic heterocycles. The van der Waals surface area contributed by atoms with Crippen molar-refractivity contribution in [2.45, 2.75) is 57.9 Å². The van der Waals surface area contributed by atoms with Crippen LogP contribution in [-0.2, 0) is 5.54 Å². The highest BCUT2D eigenvalue weighted by Gasteiger charge is 2.38. The van der Waals surface area contributed by atoms with E-state index < -0.39 is 5.54 Å². The highest BCUT2D eigenvalue weighted by atomic mass is 19.1. The number of hydrogen-bond acceptors (Lipinski definition) is 1. The lowest BCUT2D eigenvalue weighted by Crippen LogP contribution is -2.45. The number of hydrogen-bond donors (Lipinski definition) is 1. The van der Waals surface area contributed by atoms with Crippen LogP contribution in [0.25, 0.3) is 0 Å². The van der Waals surface area contributed by atoms with E-state index in [4.69, 9.17) is 5.73 Å². The van der Waals surface area contributed by atoms with Crippen molar-refractivity contribution in [3.63, 3.8) is 0 Å². The minimum atomic E-state index is -0.496. The minimum absolute atomic E-state index is 0.149. The van der Waals surface area contributed by atoms with Crippen molar-refractivity contribution in [1.29, 1.82) is 0 Å². The standard InChI is InChI=1S/C17H26FN/c1-3-13-9-11-14(12-10-13)17(19,4-2)15-7-5-6-8-16(15)18/h5-8,13-14H,3-4,9-12,19H2,1-2H3. The second kappa shape index (κ2) is 6.04. The van der Waals surface area contributed by atoms with Gasteiger partial charge in [0.15, 0.2) is 0 Å². The molecule has 1 aliphatic rings. The molecule has 0 radical (unpaired) electrons. The summed E-state index contributed by atoms with van der Waals surface area (Å²) in [5, 5.41) is 0. The summed E-state index contributed by atoms with van der Waals surface area (Å²) in [6, 6.07) is 7.03. The average Bonchev–Trinajstić information content (AvgIpc) is 2.47. The fraction of sp³-hybridized carbons (Fsp3) is 0.647. The molecule has 2 N–H and O–H groups in total. The van der Waals surface area contributed by atoms with Gasteiger partial charge in [-0.15, -0.1) is 0 Å². The summed E-state index contributed by atoms with van der Waals surface area (Å²) in [6.45, 7) is 4.34. The highest BCUT2D eigenvalue weighted by Crippen LogP contribution is 2.42. The van der Waals surface area contributed by atoms with Gasteiger partial charge in [0.05, 0.1) is 0 Å². The predicted molar refractivity (Wildman–Crippen MR) is 78.3 cm³/mol. The van der Waals surface area contributed by atoms with Gasteiger partial charge in [-0.3, -0.25) is 0 Å².